The van der Waals surface area contributed by atoms with Crippen molar-refractivity contribution in [1.29, 1.82) is 0 Å². The first-order valence-corrected chi connectivity index (χ1v) is 12.7. The van der Waals surface area contributed by atoms with Crippen molar-refractivity contribution in [2.24, 2.45) is 0 Å². The lowest BCUT2D eigenvalue weighted by molar-refractivity contribution is -0.133. The molecule has 162 valence electrons. The molecule has 5 rings (SSSR count). The average Bonchev–Trinajstić information content (AvgIpc) is 3.34. The Morgan fingerprint density at radius 2 is 1.65 bits per heavy atom. The summed E-state index contributed by atoms with van der Waals surface area (Å²) in [5.41, 5.74) is 3.20. The van der Waals surface area contributed by atoms with Crippen LogP contribution in [0.15, 0.2) is 60.7 Å². The summed E-state index contributed by atoms with van der Waals surface area (Å²) in [6, 6.07) is 20.6. The number of piperazine rings is 1. The Morgan fingerprint density at radius 3 is 2.35 bits per heavy atom. The Balaban J connectivity index is 1.32. The summed E-state index contributed by atoms with van der Waals surface area (Å²) in [6.45, 7) is 3.08. The monoisotopic (exact) mass is 437 g/mol. The second kappa shape index (κ2) is 8.13. The molecule has 0 spiro atoms. The molecule has 2 aliphatic heterocycles. The summed E-state index contributed by atoms with van der Waals surface area (Å²) in [7, 11) is -2.89. The molecule has 2 aliphatic rings. The molecule has 1 amide bonds. The van der Waals surface area contributed by atoms with E-state index in [1.165, 1.54) is 0 Å². The molecular formula is C24H27N3O3S. The van der Waals surface area contributed by atoms with Crippen LogP contribution in [0.5, 0.6) is 0 Å². The van der Waals surface area contributed by atoms with Crippen LogP contribution in [0.25, 0.3) is 22.2 Å². The molecule has 1 unspecified atom stereocenters. The molecule has 0 radical (unpaired) electrons. The second-order valence-electron chi connectivity index (χ2n) is 8.51. The fourth-order valence-electron chi connectivity index (χ4n) is 4.86. The van der Waals surface area contributed by atoms with E-state index in [1.807, 2.05) is 35.2 Å². The Morgan fingerprint density at radius 1 is 0.935 bits per heavy atom. The van der Waals surface area contributed by atoms with Gasteiger partial charge in [0.2, 0.25) is 5.91 Å². The lowest BCUT2D eigenvalue weighted by Gasteiger charge is -2.37. The van der Waals surface area contributed by atoms with Gasteiger partial charge in [-0.25, -0.2) is 8.42 Å². The highest BCUT2D eigenvalue weighted by Crippen LogP contribution is 2.28. The number of fused-ring (bicyclic) bond motifs is 1. The van der Waals surface area contributed by atoms with Gasteiger partial charge in [0, 0.05) is 48.8 Å². The first kappa shape index (κ1) is 20.3. The van der Waals surface area contributed by atoms with E-state index in [0.717, 1.165) is 35.2 Å². The minimum atomic E-state index is -2.89. The predicted molar refractivity (Wildman–Crippen MR) is 123 cm³/mol. The summed E-state index contributed by atoms with van der Waals surface area (Å²) in [6.07, 6.45) is 0.714. The molecule has 0 saturated carbocycles. The number of hydrogen-bond acceptors (Lipinski definition) is 4. The van der Waals surface area contributed by atoms with Gasteiger partial charge in [-0.3, -0.25) is 9.69 Å². The van der Waals surface area contributed by atoms with E-state index < -0.39 is 9.84 Å². The van der Waals surface area contributed by atoms with E-state index in [1.54, 1.807) is 0 Å². The van der Waals surface area contributed by atoms with Crippen molar-refractivity contribution in [3.8, 4) is 11.3 Å². The van der Waals surface area contributed by atoms with Gasteiger partial charge < -0.3 is 9.47 Å². The number of rotatable bonds is 4. The van der Waals surface area contributed by atoms with Crippen LogP contribution >= 0.6 is 0 Å². The van der Waals surface area contributed by atoms with Crippen molar-refractivity contribution in [2.75, 3.05) is 37.7 Å². The van der Waals surface area contributed by atoms with E-state index in [2.05, 4.69) is 39.8 Å². The number of sulfone groups is 1. The minimum absolute atomic E-state index is 0.109. The lowest BCUT2D eigenvalue weighted by atomic mass is 10.1. The molecule has 3 aromatic rings. The molecule has 7 heteroatoms. The molecule has 0 N–H and O–H groups in total. The Bertz CT molecular complexity index is 1200. The molecule has 1 atom stereocenters. The molecule has 3 heterocycles. The zero-order valence-electron chi connectivity index (χ0n) is 17.5. The largest absolute Gasteiger partial charge is 0.339 e. The summed E-state index contributed by atoms with van der Waals surface area (Å²) >= 11 is 0. The zero-order chi connectivity index (χ0) is 21.4. The lowest BCUT2D eigenvalue weighted by Crippen LogP contribution is -2.52. The van der Waals surface area contributed by atoms with E-state index >= 15 is 0 Å². The van der Waals surface area contributed by atoms with Crippen LogP contribution in [0.4, 0.5) is 0 Å². The van der Waals surface area contributed by atoms with Gasteiger partial charge in [-0.2, -0.15) is 0 Å². The molecule has 6 nitrogen and oxygen atoms in total. The van der Waals surface area contributed by atoms with Gasteiger partial charge in [-0.1, -0.05) is 48.5 Å². The third-order valence-corrected chi connectivity index (χ3v) is 8.32. The van der Waals surface area contributed by atoms with Crippen LogP contribution in [0.2, 0.25) is 0 Å². The molecule has 0 bridgehead atoms. The third-order valence-electron chi connectivity index (χ3n) is 6.57. The van der Waals surface area contributed by atoms with Crippen LogP contribution in [-0.2, 0) is 21.2 Å². The van der Waals surface area contributed by atoms with Crippen molar-refractivity contribution in [3.63, 3.8) is 0 Å². The van der Waals surface area contributed by atoms with E-state index in [4.69, 9.17) is 0 Å². The van der Waals surface area contributed by atoms with Crippen LogP contribution in [0, 0.1) is 0 Å². The highest BCUT2D eigenvalue weighted by molar-refractivity contribution is 7.91. The van der Waals surface area contributed by atoms with Gasteiger partial charge in [0.25, 0.3) is 0 Å². The highest BCUT2D eigenvalue weighted by atomic mass is 32.2. The van der Waals surface area contributed by atoms with E-state index in [-0.39, 0.29) is 17.7 Å². The Labute approximate surface area is 183 Å². The number of para-hydroxylation sites is 1. The maximum Gasteiger partial charge on any atom is 0.242 e. The van der Waals surface area contributed by atoms with Crippen LogP contribution in [0.3, 0.4) is 0 Å². The highest BCUT2D eigenvalue weighted by Gasteiger charge is 2.34. The van der Waals surface area contributed by atoms with Crippen molar-refractivity contribution in [3.05, 3.63) is 60.7 Å². The second-order valence-corrected chi connectivity index (χ2v) is 10.7. The van der Waals surface area contributed by atoms with Crippen LogP contribution in [-0.4, -0.2) is 72.4 Å². The molecule has 31 heavy (non-hydrogen) atoms. The fraction of sp³-hybridized carbons (Fsp3) is 0.375. The number of hydrogen-bond donors (Lipinski definition) is 0. The third kappa shape index (κ3) is 4.12. The molecule has 2 fully saturated rings. The SMILES string of the molecule is O=C(Cn1c(-c2ccccc2)cc2ccccc21)N1CCN(C2CCS(=O)(=O)C2)CC1. The normalized spacial score (nSPS) is 21.5. The van der Waals surface area contributed by atoms with Gasteiger partial charge in [0.15, 0.2) is 9.84 Å². The maximum absolute atomic E-state index is 13.2. The topological polar surface area (TPSA) is 62.6 Å². The molecule has 1 aromatic heterocycles. The van der Waals surface area contributed by atoms with Gasteiger partial charge in [0.05, 0.1) is 11.5 Å². The molecule has 2 aromatic carbocycles. The number of aromatic nitrogens is 1. The van der Waals surface area contributed by atoms with Crippen molar-refractivity contribution in [1.82, 2.24) is 14.4 Å². The number of benzene rings is 2. The molecule has 2 saturated heterocycles. The molecular weight excluding hydrogens is 410 g/mol. The van der Waals surface area contributed by atoms with E-state index in [9.17, 15) is 13.2 Å². The zero-order valence-corrected chi connectivity index (χ0v) is 18.3. The summed E-state index contributed by atoms with van der Waals surface area (Å²) in [4.78, 5) is 17.4. The van der Waals surface area contributed by atoms with Crippen LogP contribution < -0.4 is 0 Å². The summed E-state index contributed by atoms with van der Waals surface area (Å²) in [5, 5.41) is 1.13. The van der Waals surface area contributed by atoms with Gasteiger partial charge in [-0.05, 0) is 24.1 Å². The molecule has 0 aliphatic carbocycles. The van der Waals surface area contributed by atoms with Crippen molar-refractivity contribution < 1.29 is 13.2 Å². The first-order valence-electron chi connectivity index (χ1n) is 10.9. The summed E-state index contributed by atoms with van der Waals surface area (Å²) in [5.74, 6) is 0.661. The van der Waals surface area contributed by atoms with E-state index in [0.29, 0.717) is 31.8 Å². The minimum Gasteiger partial charge on any atom is -0.339 e. The number of nitrogens with zero attached hydrogens (tertiary/aromatic N) is 3. The number of carbonyl (C=O) groups is 1. The first-order chi connectivity index (χ1) is 15.0. The number of amides is 1. The Kier molecular flexibility index (Phi) is 5.32. The van der Waals surface area contributed by atoms with Crippen LogP contribution in [0.1, 0.15) is 6.42 Å². The smallest absolute Gasteiger partial charge is 0.242 e. The number of carbonyl (C=O) groups excluding carboxylic acids is 1. The summed E-state index contributed by atoms with van der Waals surface area (Å²) < 4.78 is 25.7. The quantitative estimate of drug-likeness (QED) is 0.630. The van der Waals surface area contributed by atoms with Gasteiger partial charge in [-0.15, -0.1) is 0 Å². The van der Waals surface area contributed by atoms with Gasteiger partial charge >= 0.3 is 0 Å². The fourth-order valence-corrected chi connectivity index (χ4v) is 6.63. The Hall–Kier alpha value is -2.64. The maximum atomic E-state index is 13.2. The standard InChI is InChI=1S/C24H27N3O3S/c28-24(26-13-11-25(12-14-26)21-10-15-31(29,30)18-21)17-27-22-9-5-4-8-20(22)16-23(27)19-6-2-1-3-7-19/h1-9,16,21H,10-15,17-18H2. The van der Waals surface area contributed by atoms with Gasteiger partial charge in [0.1, 0.15) is 6.54 Å². The average molecular weight is 438 g/mol. The van der Waals surface area contributed by atoms with Crippen molar-refractivity contribution in [2.45, 2.75) is 19.0 Å². The van der Waals surface area contributed by atoms with Crippen molar-refractivity contribution >= 4 is 26.6 Å². The predicted octanol–water partition coefficient (Wildman–Crippen LogP) is 2.64.